The predicted octanol–water partition coefficient (Wildman–Crippen LogP) is -0.247. The molecule has 6 nitrogen and oxygen atoms in total. The molecule has 0 aromatic heterocycles. The largest absolute Gasteiger partial charge is 0.395 e. The minimum Gasteiger partial charge on any atom is -0.395 e. The third-order valence-corrected chi connectivity index (χ3v) is 7.13. The minimum atomic E-state index is 0.0738. The summed E-state index contributed by atoms with van der Waals surface area (Å²) < 4.78 is 0. The quantitative estimate of drug-likeness (QED) is 0.437. The van der Waals surface area contributed by atoms with Crippen molar-refractivity contribution < 1.29 is 20.4 Å². The zero-order valence-corrected chi connectivity index (χ0v) is 15.5. The summed E-state index contributed by atoms with van der Waals surface area (Å²) in [4.78, 5) is 4.45. The van der Waals surface area contributed by atoms with E-state index in [1.54, 1.807) is 0 Å². The first-order valence-electron chi connectivity index (χ1n) is 9.30. The summed E-state index contributed by atoms with van der Waals surface area (Å²) in [5.41, 5.74) is 0.241. The molecule has 2 aliphatic carbocycles. The molecule has 2 rings (SSSR count). The average molecular weight is 344 g/mol. The van der Waals surface area contributed by atoms with Gasteiger partial charge in [-0.1, -0.05) is 20.8 Å². The molecule has 0 aliphatic heterocycles. The monoisotopic (exact) mass is 344 g/mol. The molecular weight excluding hydrogens is 308 g/mol. The number of hydrogen-bond acceptors (Lipinski definition) is 6. The molecule has 2 bridgehead atoms. The molecule has 4 N–H and O–H groups in total. The van der Waals surface area contributed by atoms with E-state index in [4.69, 9.17) is 0 Å². The van der Waals surface area contributed by atoms with Crippen LogP contribution in [0.5, 0.6) is 0 Å². The Balaban J connectivity index is 2.40. The Morgan fingerprint density at radius 3 is 1.71 bits per heavy atom. The Bertz CT molecular complexity index is 394. The molecule has 0 saturated heterocycles. The third kappa shape index (κ3) is 3.13. The number of fused-ring (bicyclic) bond motifs is 2. The first-order valence-corrected chi connectivity index (χ1v) is 9.30. The van der Waals surface area contributed by atoms with Crippen molar-refractivity contribution in [2.24, 2.45) is 16.7 Å². The lowest BCUT2D eigenvalue weighted by Gasteiger charge is -2.48. The molecule has 0 radical (unpaired) electrons. The fraction of sp³-hybridized carbons (Fsp3) is 1.00. The summed E-state index contributed by atoms with van der Waals surface area (Å²) in [5, 5.41) is 38.1. The van der Waals surface area contributed by atoms with Gasteiger partial charge in [0.15, 0.2) is 0 Å². The lowest BCUT2D eigenvalue weighted by atomic mass is 9.68. The Hall–Kier alpha value is -0.240. The van der Waals surface area contributed by atoms with Crippen molar-refractivity contribution in [3.05, 3.63) is 0 Å². The van der Waals surface area contributed by atoms with Crippen molar-refractivity contribution in [3.8, 4) is 0 Å². The van der Waals surface area contributed by atoms with Gasteiger partial charge in [-0.25, -0.2) is 0 Å². The molecule has 142 valence electrons. The Labute approximate surface area is 146 Å². The molecule has 24 heavy (non-hydrogen) atoms. The van der Waals surface area contributed by atoms with Crippen LogP contribution in [0, 0.1) is 16.7 Å². The van der Waals surface area contributed by atoms with Gasteiger partial charge in [-0.15, -0.1) is 0 Å². The lowest BCUT2D eigenvalue weighted by Crippen LogP contribution is -2.59. The van der Waals surface area contributed by atoms with Crippen LogP contribution in [0.3, 0.4) is 0 Å². The van der Waals surface area contributed by atoms with E-state index in [9.17, 15) is 20.4 Å². The Morgan fingerprint density at radius 2 is 1.25 bits per heavy atom. The first kappa shape index (κ1) is 20.1. The van der Waals surface area contributed by atoms with E-state index in [0.29, 0.717) is 32.1 Å². The maximum atomic E-state index is 9.52. The van der Waals surface area contributed by atoms with E-state index in [-0.39, 0.29) is 49.3 Å². The SMILES string of the molecule is CC1(C)[C@@H]2CC[C@]1(C)[C@H](N(CCO)CCO)[C@@H]2N(CCO)CCO. The summed E-state index contributed by atoms with van der Waals surface area (Å²) in [6.07, 6.45) is 2.30. The Kier molecular flexibility index (Phi) is 6.67. The number of aliphatic hydroxyl groups is 4. The maximum absolute atomic E-state index is 9.52. The van der Waals surface area contributed by atoms with Crippen LogP contribution in [0.25, 0.3) is 0 Å². The van der Waals surface area contributed by atoms with Gasteiger partial charge in [0.05, 0.1) is 26.4 Å². The lowest BCUT2D eigenvalue weighted by molar-refractivity contribution is -0.0179. The molecule has 0 spiro atoms. The van der Waals surface area contributed by atoms with E-state index in [1.807, 2.05) is 0 Å². The van der Waals surface area contributed by atoms with Crippen LogP contribution in [0.15, 0.2) is 0 Å². The third-order valence-electron chi connectivity index (χ3n) is 7.13. The molecule has 6 heteroatoms. The highest BCUT2D eigenvalue weighted by molar-refractivity contribution is 5.20. The van der Waals surface area contributed by atoms with Crippen molar-refractivity contribution in [1.29, 1.82) is 0 Å². The van der Waals surface area contributed by atoms with Gasteiger partial charge in [-0.2, -0.15) is 0 Å². The maximum Gasteiger partial charge on any atom is 0.0558 e. The number of hydrogen-bond donors (Lipinski definition) is 4. The van der Waals surface area contributed by atoms with Crippen LogP contribution < -0.4 is 0 Å². The molecule has 0 amide bonds. The molecular formula is C18H36N2O4. The zero-order chi connectivity index (χ0) is 18.0. The average Bonchev–Trinajstić information content (AvgIpc) is 2.85. The van der Waals surface area contributed by atoms with Gasteiger partial charge >= 0.3 is 0 Å². The molecule has 2 saturated carbocycles. The highest BCUT2D eigenvalue weighted by atomic mass is 16.3. The van der Waals surface area contributed by atoms with E-state index in [0.717, 1.165) is 12.8 Å². The van der Waals surface area contributed by atoms with Crippen LogP contribution in [-0.4, -0.2) is 94.9 Å². The predicted molar refractivity (Wildman–Crippen MR) is 93.7 cm³/mol. The summed E-state index contributed by atoms with van der Waals surface area (Å²) in [7, 11) is 0. The van der Waals surface area contributed by atoms with E-state index in [2.05, 4.69) is 30.6 Å². The van der Waals surface area contributed by atoms with E-state index < -0.39 is 0 Å². The second kappa shape index (κ2) is 7.98. The topological polar surface area (TPSA) is 87.4 Å². The van der Waals surface area contributed by atoms with Crippen LogP contribution in [-0.2, 0) is 0 Å². The summed E-state index contributed by atoms with van der Waals surface area (Å²) >= 11 is 0. The van der Waals surface area contributed by atoms with Crippen molar-refractivity contribution >= 4 is 0 Å². The van der Waals surface area contributed by atoms with Crippen LogP contribution in [0.4, 0.5) is 0 Å². The standard InChI is InChI=1S/C18H36N2O4/c1-17(2)14-4-5-18(17,3)16(20(8-12-23)9-13-24)15(14)19(6-10-21)7-11-22/h14-16,21-24H,4-13H2,1-3H3/t14-,15-,16-,18-/m1/s1. The Morgan fingerprint density at radius 1 is 0.792 bits per heavy atom. The molecule has 0 aromatic rings. The van der Waals surface area contributed by atoms with Gasteiger partial charge in [0, 0.05) is 38.3 Å². The molecule has 0 heterocycles. The smallest absolute Gasteiger partial charge is 0.0558 e. The van der Waals surface area contributed by atoms with Crippen LogP contribution in [0.1, 0.15) is 33.6 Å². The van der Waals surface area contributed by atoms with Gasteiger partial charge < -0.3 is 20.4 Å². The van der Waals surface area contributed by atoms with Gasteiger partial charge in [-0.05, 0) is 29.6 Å². The number of rotatable bonds is 10. The van der Waals surface area contributed by atoms with Crippen molar-refractivity contribution in [3.63, 3.8) is 0 Å². The van der Waals surface area contributed by atoms with Gasteiger partial charge in [0.25, 0.3) is 0 Å². The highest BCUT2D eigenvalue weighted by Crippen LogP contribution is 2.67. The molecule has 2 aliphatic rings. The normalized spacial score (nSPS) is 34.6. The number of aliphatic hydroxyl groups excluding tert-OH is 4. The molecule has 4 atom stereocenters. The summed E-state index contributed by atoms with van der Waals surface area (Å²) in [6, 6.07) is 0.444. The van der Waals surface area contributed by atoms with Crippen molar-refractivity contribution in [1.82, 2.24) is 9.80 Å². The fourth-order valence-electron chi connectivity index (χ4n) is 5.67. The molecule has 2 fully saturated rings. The molecule has 0 unspecified atom stereocenters. The van der Waals surface area contributed by atoms with Gasteiger partial charge in [0.2, 0.25) is 0 Å². The van der Waals surface area contributed by atoms with Crippen molar-refractivity contribution in [2.75, 3.05) is 52.6 Å². The van der Waals surface area contributed by atoms with Gasteiger partial charge in [0.1, 0.15) is 0 Å². The highest BCUT2D eigenvalue weighted by Gasteiger charge is 2.68. The number of nitrogens with zero attached hydrogens (tertiary/aromatic N) is 2. The van der Waals surface area contributed by atoms with Crippen LogP contribution >= 0.6 is 0 Å². The fourth-order valence-corrected chi connectivity index (χ4v) is 5.67. The molecule has 0 aromatic carbocycles. The van der Waals surface area contributed by atoms with E-state index in [1.165, 1.54) is 0 Å². The summed E-state index contributed by atoms with van der Waals surface area (Å²) in [5.74, 6) is 0.491. The van der Waals surface area contributed by atoms with Gasteiger partial charge in [-0.3, -0.25) is 9.80 Å². The zero-order valence-electron chi connectivity index (χ0n) is 15.5. The first-order chi connectivity index (χ1) is 11.4. The second-order valence-corrected chi connectivity index (χ2v) is 8.19. The minimum absolute atomic E-state index is 0.0738. The van der Waals surface area contributed by atoms with E-state index >= 15 is 0 Å². The van der Waals surface area contributed by atoms with Crippen LogP contribution in [0.2, 0.25) is 0 Å². The summed E-state index contributed by atoms with van der Waals surface area (Å²) in [6.45, 7) is 9.52. The second-order valence-electron chi connectivity index (χ2n) is 8.19. The van der Waals surface area contributed by atoms with Crippen molar-refractivity contribution in [2.45, 2.75) is 45.7 Å².